The highest BCUT2D eigenvalue weighted by Crippen LogP contribution is 2.26. The summed E-state index contributed by atoms with van der Waals surface area (Å²) < 4.78 is 24.2. The highest BCUT2D eigenvalue weighted by molar-refractivity contribution is 5.94. The van der Waals surface area contributed by atoms with Crippen molar-refractivity contribution in [3.63, 3.8) is 0 Å². The number of carbonyl (C=O) groups is 1. The van der Waals surface area contributed by atoms with E-state index in [1.54, 1.807) is 48.4 Å². The Bertz CT molecular complexity index is 700. The summed E-state index contributed by atoms with van der Waals surface area (Å²) in [7, 11) is 1.59. The minimum absolute atomic E-state index is 0.0417. The molecule has 2 atom stereocenters. The average Bonchev–Trinajstić information content (AvgIpc) is 2.61. The quantitative estimate of drug-likeness (QED) is 0.866. The second-order valence-electron chi connectivity index (χ2n) is 5.93. The van der Waals surface area contributed by atoms with E-state index in [0.29, 0.717) is 24.4 Å². The number of amides is 1. The van der Waals surface area contributed by atoms with Gasteiger partial charge in [0.2, 0.25) is 0 Å². The average molecular weight is 329 g/mol. The molecule has 2 unspecified atom stereocenters. The van der Waals surface area contributed by atoms with Crippen molar-refractivity contribution < 1.29 is 18.7 Å². The standard InChI is InChI=1S/C19H20FNO3/c1-13-11-21(19(22)15-5-9-17(23-2)10-6-15)12-18(24-13)14-3-7-16(20)8-4-14/h3-10,13,18H,11-12H2,1-2H3. The van der Waals surface area contributed by atoms with Gasteiger partial charge in [-0.3, -0.25) is 4.79 Å². The Morgan fingerprint density at radius 2 is 1.79 bits per heavy atom. The number of methoxy groups -OCH3 is 1. The van der Waals surface area contributed by atoms with E-state index < -0.39 is 0 Å². The summed E-state index contributed by atoms with van der Waals surface area (Å²) in [4.78, 5) is 14.5. The van der Waals surface area contributed by atoms with Crippen LogP contribution in [0.15, 0.2) is 48.5 Å². The van der Waals surface area contributed by atoms with Crippen LogP contribution < -0.4 is 4.74 Å². The fourth-order valence-electron chi connectivity index (χ4n) is 2.89. The fraction of sp³-hybridized carbons (Fsp3) is 0.316. The van der Waals surface area contributed by atoms with Gasteiger partial charge < -0.3 is 14.4 Å². The molecule has 0 spiro atoms. The first-order valence-corrected chi connectivity index (χ1v) is 7.91. The lowest BCUT2D eigenvalue weighted by molar-refractivity contribution is -0.0691. The van der Waals surface area contributed by atoms with Crippen LogP contribution >= 0.6 is 0 Å². The third-order valence-electron chi connectivity index (χ3n) is 4.13. The molecule has 1 aliphatic heterocycles. The van der Waals surface area contributed by atoms with Crippen molar-refractivity contribution >= 4 is 5.91 Å². The molecule has 2 aromatic rings. The maximum absolute atomic E-state index is 13.1. The van der Waals surface area contributed by atoms with Gasteiger partial charge in [0.05, 0.1) is 19.8 Å². The number of hydrogen-bond acceptors (Lipinski definition) is 3. The predicted molar refractivity (Wildman–Crippen MR) is 88.6 cm³/mol. The normalized spacial score (nSPS) is 20.7. The predicted octanol–water partition coefficient (Wildman–Crippen LogP) is 3.44. The number of carbonyl (C=O) groups excluding carboxylic acids is 1. The van der Waals surface area contributed by atoms with Gasteiger partial charge in [-0.15, -0.1) is 0 Å². The van der Waals surface area contributed by atoms with Crippen LogP contribution in [0.3, 0.4) is 0 Å². The van der Waals surface area contributed by atoms with Crippen molar-refractivity contribution in [2.24, 2.45) is 0 Å². The van der Waals surface area contributed by atoms with Crippen LogP contribution in [0, 0.1) is 5.82 Å². The zero-order valence-corrected chi connectivity index (χ0v) is 13.7. The first-order chi connectivity index (χ1) is 11.6. The molecule has 24 heavy (non-hydrogen) atoms. The molecule has 0 saturated carbocycles. The first-order valence-electron chi connectivity index (χ1n) is 7.91. The lowest BCUT2D eigenvalue weighted by Crippen LogP contribution is -2.45. The topological polar surface area (TPSA) is 38.8 Å². The molecule has 2 aromatic carbocycles. The van der Waals surface area contributed by atoms with Crippen LogP contribution in [0.25, 0.3) is 0 Å². The van der Waals surface area contributed by atoms with Crippen LogP contribution in [0.1, 0.15) is 28.9 Å². The van der Waals surface area contributed by atoms with Crippen molar-refractivity contribution in [2.75, 3.05) is 20.2 Å². The molecule has 1 saturated heterocycles. The van der Waals surface area contributed by atoms with Gasteiger partial charge in [-0.25, -0.2) is 4.39 Å². The monoisotopic (exact) mass is 329 g/mol. The zero-order chi connectivity index (χ0) is 17.1. The van der Waals surface area contributed by atoms with Gasteiger partial charge in [0, 0.05) is 12.1 Å². The maximum Gasteiger partial charge on any atom is 0.254 e. The number of benzene rings is 2. The molecule has 126 valence electrons. The molecule has 0 aromatic heterocycles. The number of ether oxygens (including phenoxy) is 2. The van der Waals surface area contributed by atoms with Gasteiger partial charge in [0.15, 0.2) is 0 Å². The van der Waals surface area contributed by atoms with Crippen molar-refractivity contribution in [3.05, 3.63) is 65.5 Å². The van der Waals surface area contributed by atoms with E-state index in [4.69, 9.17) is 9.47 Å². The van der Waals surface area contributed by atoms with E-state index in [1.165, 1.54) is 12.1 Å². The number of hydrogen-bond donors (Lipinski definition) is 0. The van der Waals surface area contributed by atoms with E-state index in [2.05, 4.69) is 0 Å². The molecule has 0 radical (unpaired) electrons. The smallest absolute Gasteiger partial charge is 0.254 e. The molecule has 1 fully saturated rings. The molecular formula is C19H20FNO3. The van der Waals surface area contributed by atoms with Crippen LogP contribution in [0.2, 0.25) is 0 Å². The maximum atomic E-state index is 13.1. The molecule has 0 N–H and O–H groups in total. The minimum Gasteiger partial charge on any atom is -0.497 e. The first kappa shape index (κ1) is 16.5. The van der Waals surface area contributed by atoms with Gasteiger partial charge in [0.1, 0.15) is 17.7 Å². The fourth-order valence-corrected chi connectivity index (χ4v) is 2.89. The Labute approximate surface area is 140 Å². The number of rotatable bonds is 3. The summed E-state index contributed by atoms with van der Waals surface area (Å²) in [5.41, 5.74) is 1.48. The molecule has 1 amide bonds. The molecule has 1 aliphatic rings. The van der Waals surface area contributed by atoms with Crippen molar-refractivity contribution in [1.82, 2.24) is 4.90 Å². The highest BCUT2D eigenvalue weighted by Gasteiger charge is 2.29. The Hall–Kier alpha value is -2.40. The number of halogens is 1. The van der Waals surface area contributed by atoms with Gasteiger partial charge in [0.25, 0.3) is 5.91 Å². The molecule has 3 rings (SSSR count). The molecule has 1 heterocycles. The van der Waals surface area contributed by atoms with E-state index in [1.807, 2.05) is 6.92 Å². The van der Waals surface area contributed by atoms with Gasteiger partial charge in [-0.2, -0.15) is 0 Å². The van der Waals surface area contributed by atoms with E-state index >= 15 is 0 Å². The van der Waals surface area contributed by atoms with Crippen LogP contribution in [0.5, 0.6) is 5.75 Å². The summed E-state index contributed by atoms with van der Waals surface area (Å²) >= 11 is 0. The second-order valence-corrected chi connectivity index (χ2v) is 5.93. The summed E-state index contributed by atoms with van der Waals surface area (Å²) in [6.07, 6.45) is -0.340. The van der Waals surface area contributed by atoms with Crippen molar-refractivity contribution in [3.8, 4) is 5.75 Å². The highest BCUT2D eigenvalue weighted by atomic mass is 19.1. The third-order valence-corrected chi connectivity index (χ3v) is 4.13. The summed E-state index contributed by atoms with van der Waals surface area (Å²) in [5.74, 6) is 0.389. The molecule has 0 aliphatic carbocycles. The number of morpholine rings is 1. The van der Waals surface area contributed by atoms with E-state index in [9.17, 15) is 9.18 Å². The Morgan fingerprint density at radius 3 is 2.42 bits per heavy atom. The summed E-state index contributed by atoms with van der Waals surface area (Å²) in [6, 6.07) is 13.3. The van der Waals surface area contributed by atoms with Crippen molar-refractivity contribution in [1.29, 1.82) is 0 Å². The van der Waals surface area contributed by atoms with Crippen LogP contribution in [-0.4, -0.2) is 37.1 Å². The molecule has 0 bridgehead atoms. The minimum atomic E-state index is -0.284. The lowest BCUT2D eigenvalue weighted by atomic mass is 10.1. The van der Waals surface area contributed by atoms with Crippen LogP contribution in [-0.2, 0) is 4.74 Å². The van der Waals surface area contributed by atoms with Crippen LogP contribution in [0.4, 0.5) is 4.39 Å². The van der Waals surface area contributed by atoms with Gasteiger partial charge in [-0.1, -0.05) is 12.1 Å². The van der Waals surface area contributed by atoms with E-state index in [-0.39, 0.29) is 23.9 Å². The third kappa shape index (κ3) is 3.57. The molecule has 4 nitrogen and oxygen atoms in total. The largest absolute Gasteiger partial charge is 0.497 e. The van der Waals surface area contributed by atoms with Gasteiger partial charge >= 0.3 is 0 Å². The Kier molecular flexibility index (Phi) is 4.81. The molecular weight excluding hydrogens is 309 g/mol. The van der Waals surface area contributed by atoms with Crippen molar-refractivity contribution in [2.45, 2.75) is 19.1 Å². The molecule has 5 heteroatoms. The lowest BCUT2D eigenvalue weighted by Gasteiger charge is -2.37. The SMILES string of the molecule is COc1ccc(C(=O)N2CC(C)OC(c3ccc(F)cc3)C2)cc1. The number of nitrogens with zero attached hydrogens (tertiary/aromatic N) is 1. The van der Waals surface area contributed by atoms with Gasteiger partial charge in [-0.05, 0) is 48.9 Å². The Balaban J connectivity index is 1.76. The summed E-state index contributed by atoms with van der Waals surface area (Å²) in [6.45, 7) is 2.91. The second kappa shape index (κ2) is 7.01. The Morgan fingerprint density at radius 1 is 1.12 bits per heavy atom. The van der Waals surface area contributed by atoms with E-state index in [0.717, 1.165) is 5.56 Å². The summed E-state index contributed by atoms with van der Waals surface area (Å²) in [5, 5.41) is 0. The zero-order valence-electron chi connectivity index (χ0n) is 13.7.